The summed E-state index contributed by atoms with van der Waals surface area (Å²) in [5.41, 5.74) is 6.03. The Labute approximate surface area is 325 Å². The van der Waals surface area contributed by atoms with E-state index in [1.165, 1.54) is 67.7 Å². The lowest BCUT2D eigenvalue weighted by Crippen LogP contribution is -2.50. The third-order valence-electron chi connectivity index (χ3n) is 8.57. The number of amides is 3. The van der Waals surface area contributed by atoms with E-state index < -0.39 is 41.2 Å². The van der Waals surface area contributed by atoms with Crippen LogP contribution in [0.5, 0.6) is 0 Å². The molecule has 5 rings (SSSR count). The predicted molar refractivity (Wildman–Crippen MR) is 216 cm³/mol. The van der Waals surface area contributed by atoms with Crippen LogP contribution in [0, 0.1) is 5.92 Å². The molecule has 2 aliphatic heterocycles. The number of nitrogens with one attached hydrogen (secondary N) is 4. The first kappa shape index (κ1) is 45.9. The van der Waals surface area contributed by atoms with Gasteiger partial charge in [0.1, 0.15) is 6.04 Å². The molecule has 3 heterocycles. The molecule has 2 unspecified atom stereocenters. The van der Waals surface area contributed by atoms with Gasteiger partial charge in [-0.05, 0) is 92.9 Å². The second kappa shape index (κ2) is 26.5. The predicted octanol–water partition coefficient (Wildman–Crippen LogP) is 4.05. The van der Waals surface area contributed by atoms with Crippen LogP contribution < -0.4 is 26.4 Å². The molecule has 3 amide bonds. The number of thiophene rings is 1. The molecule has 3 aromatic rings. The number of hydrogen-bond acceptors (Lipinski definition) is 9. The molecule has 2 saturated heterocycles. The Morgan fingerprint density at radius 2 is 1.72 bits per heavy atom. The van der Waals surface area contributed by atoms with Crippen molar-refractivity contribution in [2.75, 3.05) is 45.5 Å². The van der Waals surface area contributed by atoms with E-state index in [-0.39, 0.29) is 25.6 Å². The van der Waals surface area contributed by atoms with Crippen molar-refractivity contribution in [1.29, 1.82) is 0 Å². The lowest BCUT2D eigenvalue weighted by Gasteiger charge is -2.23. The maximum absolute atomic E-state index is 12.4. The molecule has 1 aromatic heterocycles. The smallest absolute Gasteiger partial charge is 0.289 e. The second-order valence-corrected chi connectivity index (χ2v) is 15.4. The molecule has 0 saturated carbocycles. The SMILES string of the molecule is CCC1CCNCC1.CCCCN.CS(=O)NCC(=O)N1CCCC1C(=O)NCC(=O)C(=O)NCc1cc2ccccc2s1.OCc1ccc(Cl)cc1. The molecule has 7 N–H and O–H groups in total. The number of aliphatic hydroxyl groups excluding tert-OH is 1. The van der Waals surface area contributed by atoms with Gasteiger partial charge in [0, 0.05) is 27.4 Å². The van der Waals surface area contributed by atoms with Crippen LogP contribution in [-0.4, -0.2) is 89.3 Å². The number of Topliss-reactive ketones (excluding diaryl/α,β-unsaturated/α-hetero) is 1. The summed E-state index contributed by atoms with van der Waals surface area (Å²) in [7, 11) is -1.33. The maximum Gasteiger partial charge on any atom is 0.289 e. The van der Waals surface area contributed by atoms with Crippen LogP contribution in [0.4, 0.5) is 0 Å². The Bertz CT molecular complexity index is 1530. The Hall–Kier alpha value is -3.24. The van der Waals surface area contributed by atoms with Crippen molar-refractivity contribution in [3.8, 4) is 0 Å². The average molecular weight is 793 g/mol. The number of rotatable bonds is 13. The lowest BCUT2D eigenvalue weighted by molar-refractivity contribution is -0.140. The fraction of sp³-hybridized carbons (Fsp3) is 0.526. The lowest BCUT2D eigenvalue weighted by atomic mass is 9.96. The van der Waals surface area contributed by atoms with Crippen LogP contribution in [0.25, 0.3) is 10.1 Å². The summed E-state index contributed by atoms with van der Waals surface area (Å²) in [5.74, 6) is -1.31. The van der Waals surface area contributed by atoms with Gasteiger partial charge in [0.2, 0.25) is 17.6 Å². The van der Waals surface area contributed by atoms with E-state index in [2.05, 4.69) is 34.5 Å². The highest BCUT2D eigenvalue weighted by molar-refractivity contribution is 7.82. The minimum atomic E-state index is -1.33. The third-order valence-corrected chi connectivity index (χ3v) is 10.5. The number of piperidine rings is 1. The first-order chi connectivity index (χ1) is 25.5. The number of benzene rings is 2. The van der Waals surface area contributed by atoms with Crippen LogP contribution in [0.2, 0.25) is 5.02 Å². The van der Waals surface area contributed by atoms with E-state index in [9.17, 15) is 23.4 Å². The first-order valence-electron chi connectivity index (χ1n) is 18.2. The van der Waals surface area contributed by atoms with Gasteiger partial charge < -0.3 is 31.7 Å². The number of nitrogens with two attached hydrogens (primary N) is 1. The summed E-state index contributed by atoms with van der Waals surface area (Å²) in [6.07, 6.45) is 9.10. The molecule has 2 aromatic carbocycles. The molecule has 0 spiro atoms. The van der Waals surface area contributed by atoms with Crippen LogP contribution in [0.1, 0.15) is 69.2 Å². The number of carbonyl (C=O) groups is 4. The van der Waals surface area contributed by atoms with Gasteiger partial charge in [0.25, 0.3) is 5.91 Å². The van der Waals surface area contributed by atoms with E-state index in [4.69, 9.17) is 22.4 Å². The first-order valence-corrected chi connectivity index (χ1v) is 21.0. The molecule has 2 aliphatic rings. The summed E-state index contributed by atoms with van der Waals surface area (Å²) in [6.45, 7) is 7.92. The number of fused-ring (bicyclic) bond motifs is 1. The zero-order valence-corrected chi connectivity index (χ0v) is 33.6. The van der Waals surface area contributed by atoms with Crippen molar-refractivity contribution in [3.63, 3.8) is 0 Å². The van der Waals surface area contributed by atoms with E-state index >= 15 is 0 Å². The third kappa shape index (κ3) is 18.1. The second-order valence-electron chi connectivity index (χ2n) is 12.6. The number of carbonyl (C=O) groups excluding carboxylic acids is 4. The van der Waals surface area contributed by atoms with Gasteiger partial charge in [-0.2, -0.15) is 0 Å². The van der Waals surface area contributed by atoms with Gasteiger partial charge in [-0.1, -0.05) is 68.6 Å². The fourth-order valence-electron chi connectivity index (χ4n) is 5.44. The van der Waals surface area contributed by atoms with E-state index in [1.54, 1.807) is 24.3 Å². The normalized spacial score (nSPS) is 15.8. The van der Waals surface area contributed by atoms with Crippen LogP contribution >= 0.6 is 22.9 Å². The minimum absolute atomic E-state index is 0.0805. The van der Waals surface area contributed by atoms with Crippen molar-refractivity contribution in [1.82, 2.24) is 25.6 Å². The highest BCUT2D eigenvalue weighted by atomic mass is 35.5. The van der Waals surface area contributed by atoms with Crippen molar-refractivity contribution < 1.29 is 28.5 Å². The van der Waals surface area contributed by atoms with E-state index in [1.807, 2.05) is 30.3 Å². The van der Waals surface area contributed by atoms with Crippen LogP contribution in [-0.2, 0) is 43.3 Å². The van der Waals surface area contributed by atoms with Gasteiger partial charge in [-0.25, -0.2) is 8.93 Å². The summed E-state index contributed by atoms with van der Waals surface area (Å²) in [6, 6.07) is 16.2. The van der Waals surface area contributed by atoms with Crippen molar-refractivity contribution in [2.24, 2.45) is 11.7 Å². The zero-order chi connectivity index (χ0) is 39.0. The molecule has 0 aliphatic carbocycles. The molecule has 15 heteroatoms. The molecule has 53 heavy (non-hydrogen) atoms. The molecule has 294 valence electrons. The van der Waals surface area contributed by atoms with Gasteiger partial charge in [0.15, 0.2) is 0 Å². The van der Waals surface area contributed by atoms with Crippen LogP contribution in [0.3, 0.4) is 0 Å². The monoisotopic (exact) mass is 792 g/mol. The van der Waals surface area contributed by atoms with E-state index in [0.29, 0.717) is 24.4 Å². The Balaban J connectivity index is 0.000000354. The van der Waals surface area contributed by atoms with E-state index in [0.717, 1.165) is 33.0 Å². The molecule has 0 bridgehead atoms. The van der Waals surface area contributed by atoms with Gasteiger partial charge in [-0.3, -0.25) is 19.2 Å². The highest BCUT2D eigenvalue weighted by Crippen LogP contribution is 2.25. The molecule has 2 atom stereocenters. The molecule has 2 fully saturated rings. The maximum atomic E-state index is 12.4. The Morgan fingerprint density at radius 1 is 1.02 bits per heavy atom. The number of likely N-dealkylation sites (tertiary alicyclic amines) is 1. The van der Waals surface area contributed by atoms with Crippen molar-refractivity contribution >= 4 is 67.5 Å². The van der Waals surface area contributed by atoms with Crippen molar-refractivity contribution in [3.05, 3.63) is 70.1 Å². The number of nitrogens with zero attached hydrogens (tertiary/aromatic N) is 1. The van der Waals surface area contributed by atoms with Crippen LogP contribution in [0.15, 0.2) is 54.6 Å². The largest absolute Gasteiger partial charge is 0.392 e. The summed E-state index contributed by atoms with van der Waals surface area (Å²) >= 11 is 7.12. The molecule has 12 nitrogen and oxygen atoms in total. The zero-order valence-electron chi connectivity index (χ0n) is 31.2. The molecular formula is C38H57ClN6O6S2. The average Bonchev–Trinajstić information content (AvgIpc) is 3.84. The quantitative estimate of drug-likeness (QED) is 0.140. The molecular weight excluding hydrogens is 736 g/mol. The number of ketones is 1. The summed E-state index contributed by atoms with van der Waals surface area (Å²) in [4.78, 5) is 51.2. The standard InChI is InChI=1S/C20H24N4O5S2.C7H7ClO.C7H15N.C4H11N/c1-31(29)23-12-18(26)24-8-4-6-15(24)19(27)22-11-16(25)20(28)21-10-14-9-13-5-2-3-7-17(13)30-14;8-7-3-1-6(5-9)2-4-7;1-2-7-3-5-8-6-4-7;1-2-3-4-5/h2-3,5,7,9,15,23H,4,6,8,10-12H2,1H3,(H,21,28)(H,22,27);1-4,9H,5H2;7-8H,2-6H2,1H3;2-5H2,1H3. The minimum Gasteiger partial charge on any atom is -0.392 e. The highest BCUT2D eigenvalue weighted by Gasteiger charge is 2.34. The van der Waals surface area contributed by atoms with Gasteiger partial charge in [-0.15, -0.1) is 11.3 Å². The molecule has 0 radical (unpaired) electrons. The Kier molecular flexibility index (Phi) is 23.0. The van der Waals surface area contributed by atoms with Gasteiger partial charge in [0.05, 0.1) is 37.2 Å². The summed E-state index contributed by atoms with van der Waals surface area (Å²) < 4.78 is 14.7. The number of hydrogen-bond donors (Lipinski definition) is 6. The fourth-order valence-corrected chi connectivity index (χ4v) is 6.90. The number of halogens is 1. The Morgan fingerprint density at radius 3 is 2.28 bits per heavy atom. The summed E-state index contributed by atoms with van der Waals surface area (Å²) in [5, 5.41) is 18.7. The topological polar surface area (TPSA) is 183 Å². The number of unbranched alkanes of at least 4 members (excludes halogenated alkanes) is 1. The van der Waals surface area contributed by atoms with Crippen molar-refractivity contribution in [2.45, 2.75) is 78.0 Å². The number of aliphatic hydroxyl groups is 1. The van der Waals surface area contributed by atoms with Gasteiger partial charge >= 0.3 is 0 Å².